The van der Waals surface area contributed by atoms with E-state index in [0.717, 1.165) is 31.0 Å². The quantitative estimate of drug-likeness (QED) is 0.761. The van der Waals surface area contributed by atoms with Crippen molar-refractivity contribution < 1.29 is 4.79 Å². The van der Waals surface area contributed by atoms with Crippen LogP contribution in [-0.2, 0) is 0 Å². The van der Waals surface area contributed by atoms with Crippen molar-refractivity contribution in [1.82, 2.24) is 4.90 Å². The molecule has 1 saturated heterocycles. The van der Waals surface area contributed by atoms with Gasteiger partial charge in [0.15, 0.2) is 0 Å². The first kappa shape index (κ1) is 12.3. The van der Waals surface area contributed by atoms with Gasteiger partial charge in [0.1, 0.15) is 0 Å². The molecule has 0 spiro atoms. The number of nitrogens with zero attached hydrogens (tertiary/aromatic N) is 1. The zero-order valence-electron chi connectivity index (χ0n) is 11.1. The molecule has 4 heteroatoms. The maximum Gasteiger partial charge on any atom is 0.322 e. The molecule has 2 aliphatic rings. The highest BCUT2D eigenvalue weighted by Gasteiger charge is 2.38. The lowest BCUT2D eigenvalue weighted by Crippen LogP contribution is -2.41. The fourth-order valence-electron chi connectivity index (χ4n) is 3.47. The van der Waals surface area contributed by atoms with Gasteiger partial charge in [0.05, 0.1) is 0 Å². The Kier molecular flexibility index (Phi) is 3.32. The summed E-state index contributed by atoms with van der Waals surface area (Å²) >= 11 is 0. The molecule has 3 N–H and O–H groups in total. The maximum absolute atomic E-state index is 12.4. The molecule has 1 aliphatic carbocycles. The summed E-state index contributed by atoms with van der Waals surface area (Å²) in [7, 11) is 0. The minimum atomic E-state index is 0.0278. The van der Waals surface area contributed by atoms with Gasteiger partial charge in [0, 0.05) is 24.0 Å². The molecular formula is C15H21N3O. The highest BCUT2D eigenvalue weighted by atomic mass is 16.2. The van der Waals surface area contributed by atoms with Gasteiger partial charge in [-0.3, -0.25) is 0 Å². The molecule has 1 saturated carbocycles. The third-order valence-corrected chi connectivity index (χ3v) is 4.41. The van der Waals surface area contributed by atoms with Gasteiger partial charge in [-0.05, 0) is 43.4 Å². The number of anilines is 2. The maximum atomic E-state index is 12.4. The number of carbonyl (C=O) groups is 1. The molecule has 2 unspecified atom stereocenters. The van der Waals surface area contributed by atoms with Gasteiger partial charge >= 0.3 is 6.03 Å². The molecule has 0 radical (unpaired) electrons. The normalized spacial score (nSPS) is 26.0. The van der Waals surface area contributed by atoms with Crippen molar-refractivity contribution in [3.63, 3.8) is 0 Å². The molecule has 2 atom stereocenters. The van der Waals surface area contributed by atoms with Crippen LogP contribution >= 0.6 is 0 Å². The predicted molar refractivity (Wildman–Crippen MR) is 76.9 cm³/mol. The lowest BCUT2D eigenvalue weighted by Gasteiger charge is -2.31. The summed E-state index contributed by atoms with van der Waals surface area (Å²) in [5, 5.41) is 2.96. The number of rotatable bonds is 1. The fourth-order valence-corrected chi connectivity index (χ4v) is 3.47. The second-order valence-electron chi connectivity index (χ2n) is 5.65. The van der Waals surface area contributed by atoms with Gasteiger partial charge in [0.25, 0.3) is 0 Å². The van der Waals surface area contributed by atoms with Crippen molar-refractivity contribution in [1.29, 1.82) is 0 Å². The molecule has 2 fully saturated rings. The first-order chi connectivity index (χ1) is 9.24. The van der Waals surface area contributed by atoms with Crippen LogP contribution < -0.4 is 11.1 Å². The smallest absolute Gasteiger partial charge is 0.322 e. The number of hydrogen-bond donors (Lipinski definition) is 2. The number of carbonyl (C=O) groups excluding carboxylic acids is 1. The van der Waals surface area contributed by atoms with Crippen molar-refractivity contribution >= 4 is 17.4 Å². The molecule has 102 valence electrons. The van der Waals surface area contributed by atoms with Crippen LogP contribution in [0.3, 0.4) is 0 Å². The number of likely N-dealkylation sites (tertiary alicyclic amines) is 1. The summed E-state index contributed by atoms with van der Waals surface area (Å²) < 4.78 is 0. The second kappa shape index (κ2) is 5.11. The number of hydrogen-bond acceptors (Lipinski definition) is 2. The molecule has 1 aromatic carbocycles. The molecule has 1 aliphatic heterocycles. The summed E-state index contributed by atoms with van der Waals surface area (Å²) in [6, 6.07) is 7.84. The summed E-state index contributed by atoms with van der Waals surface area (Å²) in [6.45, 7) is 0.892. The van der Waals surface area contributed by atoms with Crippen LogP contribution in [0.5, 0.6) is 0 Å². The molecule has 1 aromatic rings. The van der Waals surface area contributed by atoms with Gasteiger partial charge in [0.2, 0.25) is 0 Å². The number of amides is 2. The van der Waals surface area contributed by atoms with Crippen molar-refractivity contribution in [3.05, 3.63) is 24.3 Å². The highest BCUT2D eigenvalue weighted by Crippen LogP contribution is 2.36. The Hall–Kier alpha value is -1.71. The van der Waals surface area contributed by atoms with Crippen LogP contribution in [0.1, 0.15) is 32.1 Å². The van der Waals surface area contributed by atoms with E-state index < -0.39 is 0 Å². The topological polar surface area (TPSA) is 58.4 Å². The Labute approximate surface area is 114 Å². The number of nitrogens with two attached hydrogens (primary N) is 1. The van der Waals surface area contributed by atoms with Crippen LogP contribution in [0.15, 0.2) is 24.3 Å². The van der Waals surface area contributed by atoms with Gasteiger partial charge in [-0.15, -0.1) is 0 Å². The number of urea groups is 1. The van der Waals surface area contributed by atoms with Crippen LogP contribution in [0, 0.1) is 5.92 Å². The Balaban J connectivity index is 1.67. The van der Waals surface area contributed by atoms with Gasteiger partial charge in [-0.25, -0.2) is 4.79 Å². The number of nitrogen functional groups attached to an aromatic ring is 1. The summed E-state index contributed by atoms with van der Waals surface area (Å²) in [5.74, 6) is 0.723. The molecular weight excluding hydrogens is 238 g/mol. The first-order valence-corrected chi connectivity index (χ1v) is 7.17. The van der Waals surface area contributed by atoms with E-state index in [4.69, 9.17) is 5.73 Å². The van der Waals surface area contributed by atoms with Crippen molar-refractivity contribution in [3.8, 4) is 0 Å². The van der Waals surface area contributed by atoms with E-state index in [1.807, 2.05) is 23.1 Å². The Bertz CT molecular complexity index is 474. The molecule has 0 bridgehead atoms. The zero-order valence-corrected chi connectivity index (χ0v) is 11.1. The van der Waals surface area contributed by atoms with Crippen LogP contribution in [0.2, 0.25) is 0 Å². The number of benzene rings is 1. The van der Waals surface area contributed by atoms with E-state index >= 15 is 0 Å². The monoisotopic (exact) mass is 259 g/mol. The third kappa shape index (κ3) is 2.53. The highest BCUT2D eigenvalue weighted by molar-refractivity contribution is 5.90. The Morgan fingerprint density at radius 3 is 2.95 bits per heavy atom. The van der Waals surface area contributed by atoms with Gasteiger partial charge < -0.3 is 16.0 Å². The SMILES string of the molecule is Nc1cccc(NC(=O)N2CCC3CCCCC32)c1. The predicted octanol–water partition coefficient (Wildman–Crippen LogP) is 3.07. The molecule has 4 nitrogen and oxygen atoms in total. The van der Waals surface area contributed by atoms with E-state index in [9.17, 15) is 4.79 Å². The fraction of sp³-hybridized carbons (Fsp3) is 0.533. The van der Waals surface area contributed by atoms with E-state index in [1.165, 1.54) is 19.3 Å². The van der Waals surface area contributed by atoms with Crippen LogP contribution in [0.4, 0.5) is 16.2 Å². The molecule has 3 rings (SSSR count). The van der Waals surface area contributed by atoms with Gasteiger partial charge in [-0.1, -0.05) is 18.9 Å². The second-order valence-corrected chi connectivity index (χ2v) is 5.65. The Morgan fingerprint density at radius 2 is 2.11 bits per heavy atom. The van der Waals surface area contributed by atoms with Crippen molar-refractivity contribution in [2.24, 2.45) is 5.92 Å². The standard InChI is InChI=1S/C15H21N3O/c16-12-5-3-6-13(10-12)17-15(19)18-9-8-11-4-1-2-7-14(11)18/h3,5-6,10-11,14H,1-2,4,7-9,16H2,(H,17,19). The minimum Gasteiger partial charge on any atom is -0.399 e. The lowest BCUT2D eigenvalue weighted by atomic mass is 9.85. The third-order valence-electron chi connectivity index (χ3n) is 4.41. The lowest BCUT2D eigenvalue weighted by molar-refractivity contribution is 0.182. The Morgan fingerprint density at radius 1 is 1.26 bits per heavy atom. The van der Waals surface area contributed by atoms with E-state index in [-0.39, 0.29) is 6.03 Å². The number of nitrogens with one attached hydrogen (secondary N) is 1. The molecule has 0 aromatic heterocycles. The molecule has 19 heavy (non-hydrogen) atoms. The van der Waals surface area contributed by atoms with Crippen LogP contribution in [0.25, 0.3) is 0 Å². The average molecular weight is 259 g/mol. The van der Waals surface area contributed by atoms with Crippen molar-refractivity contribution in [2.75, 3.05) is 17.6 Å². The molecule has 1 heterocycles. The van der Waals surface area contributed by atoms with Gasteiger partial charge in [-0.2, -0.15) is 0 Å². The minimum absolute atomic E-state index is 0.0278. The summed E-state index contributed by atoms with van der Waals surface area (Å²) in [4.78, 5) is 14.4. The zero-order chi connectivity index (χ0) is 13.2. The van der Waals surface area contributed by atoms with E-state index in [0.29, 0.717) is 11.7 Å². The molecule has 2 amide bonds. The summed E-state index contributed by atoms with van der Waals surface area (Å²) in [5.41, 5.74) is 7.19. The average Bonchev–Trinajstić information content (AvgIpc) is 2.82. The first-order valence-electron chi connectivity index (χ1n) is 7.17. The largest absolute Gasteiger partial charge is 0.399 e. The van der Waals surface area contributed by atoms with Crippen LogP contribution in [-0.4, -0.2) is 23.5 Å². The van der Waals surface area contributed by atoms with E-state index in [1.54, 1.807) is 6.07 Å². The van der Waals surface area contributed by atoms with Crippen molar-refractivity contribution in [2.45, 2.75) is 38.1 Å². The number of fused-ring (bicyclic) bond motifs is 1. The van der Waals surface area contributed by atoms with E-state index in [2.05, 4.69) is 5.32 Å². The summed E-state index contributed by atoms with van der Waals surface area (Å²) in [6.07, 6.45) is 6.19.